The molecule has 1 aromatic carbocycles. The molecule has 0 spiro atoms. The summed E-state index contributed by atoms with van der Waals surface area (Å²) in [4.78, 5) is 30.4. The van der Waals surface area contributed by atoms with E-state index in [4.69, 9.17) is 15.2 Å². The van der Waals surface area contributed by atoms with Gasteiger partial charge in [-0.05, 0) is 24.1 Å². The van der Waals surface area contributed by atoms with E-state index in [9.17, 15) is 24.2 Å². The molecule has 2 aliphatic heterocycles. The first-order valence-electron chi connectivity index (χ1n) is 10.7. The number of nitrogens with two attached hydrogens (primary N) is 1. The molecule has 0 fully saturated rings. The molecule has 5 N–H and O–H groups in total. The fourth-order valence-corrected chi connectivity index (χ4v) is 4.67. The van der Waals surface area contributed by atoms with Gasteiger partial charge in [-0.1, -0.05) is 6.92 Å². The van der Waals surface area contributed by atoms with E-state index in [0.29, 0.717) is 33.4 Å². The smallest absolute Gasteiger partial charge is 0.343 e. The summed E-state index contributed by atoms with van der Waals surface area (Å²) in [5.74, 6) is -1.45. The quantitative estimate of drug-likeness (QED) is 0.189. The van der Waals surface area contributed by atoms with Crippen molar-refractivity contribution < 1.29 is 28.9 Å². The van der Waals surface area contributed by atoms with Gasteiger partial charge in [0.05, 0.1) is 34.7 Å². The Labute approximate surface area is 192 Å². The number of halogens is 1. The molecule has 2 aromatic heterocycles. The van der Waals surface area contributed by atoms with Crippen LogP contribution in [0.25, 0.3) is 22.3 Å². The lowest BCUT2D eigenvalue weighted by Crippen LogP contribution is -2.44. The zero-order chi connectivity index (χ0) is 24.4. The van der Waals surface area contributed by atoms with Crippen molar-refractivity contribution in [2.75, 3.05) is 12.8 Å². The third kappa shape index (κ3) is 3.12. The number of carbonyl (C=O) groups excluding carboxylic acids is 1. The summed E-state index contributed by atoms with van der Waals surface area (Å²) < 4.78 is 25.7. The van der Waals surface area contributed by atoms with Crippen LogP contribution in [0.3, 0.4) is 0 Å². The number of aromatic nitrogens is 2. The molecule has 1 unspecified atom stereocenters. The maximum absolute atomic E-state index is 14.3. The van der Waals surface area contributed by atoms with Crippen LogP contribution in [0.5, 0.6) is 0 Å². The summed E-state index contributed by atoms with van der Waals surface area (Å²) in [5, 5.41) is 24.2. The number of carbonyl (C=O) groups is 1. The molecule has 34 heavy (non-hydrogen) atoms. The molecule has 5 rings (SSSR count). The van der Waals surface area contributed by atoms with Gasteiger partial charge in [0, 0.05) is 36.2 Å². The number of benzene rings is 1. The first-order chi connectivity index (χ1) is 16.2. The highest BCUT2D eigenvalue weighted by molar-refractivity contribution is 5.91. The summed E-state index contributed by atoms with van der Waals surface area (Å²) in [5.41, 5.74) is 6.22. The Morgan fingerprint density at radius 2 is 2.12 bits per heavy atom. The Kier molecular flexibility index (Phi) is 5.17. The van der Waals surface area contributed by atoms with Gasteiger partial charge in [-0.15, -0.1) is 0 Å². The monoisotopic (exact) mass is 470 g/mol. The van der Waals surface area contributed by atoms with Crippen molar-refractivity contribution in [1.82, 2.24) is 14.9 Å². The van der Waals surface area contributed by atoms with Crippen molar-refractivity contribution in [2.45, 2.75) is 45.1 Å². The Morgan fingerprint density at radius 3 is 2.82 bits per heavy atom. The van der Waals surface area contributed by atoms with Crippen LogP contribution in [0, 0.1) is 5.82 Å². The molecule has 0 bridgehead atoms. The Bertz CT molecular complexity index is 1420. The molecule has 0 aliphatic carbocycles. The van der Waals surface area contributed by atoms with E-state index in [1.165, 1.54) is 23.8 Å². The standard InChI is InChI=1S/C23H23FN4O6/c1-3-23(32)14-5-18-19-12(8-28(18)20(29)13(14)9-34-21(23)30)11(7-26-22(31)33-2)10-4-16(25)15(24)6-17(10)27-19/h4-6,22,26,31-32H,3,7-9,25H2,1-2H3/t22?,23-/m0/s1. The summed E-state index contributed by atoms with van der Waals surface area (Å²) in [7, 11) is 1.33. The molecule has 2 aliphatic rings. The minimum Gasteiger partial charge on any atom is -0.458 e. The molecular weight excluding hydrogens is 447 g/mol. The third-order valence-electron chi connectivity index (χ3n) is 6.60. The summed E-state index contributed by atoms with van der Waals surface area (Å²) in [6.07, 6.45) is -1.23. The molecule has 11 heteroatoms. The minimum atomic E-state index is -1.95. The van der Waals surface area contributed by atoms with E-state index < -0.39 is 29.4 Å². The Hall–Kier alpha value is -3.38. The van der Waals surface area contributed by atoms with Gasteiger partial charge in [0.15, 0.2) is 5.60 Å². The number of methoxy groups -OCH3 is 1. The van der Waals surface area contributed by atoms with E-state index in [1.807, 2.05) is 0 Å². The minimum absolute atomic E-state index is 0.0221. The molecule has 0 saturated carbocycles. The van der Waals surface area contributed by atoms with Gasteiger partial charge in [0.2, 0.25) is 6.41 Å². The van der Waals surface area contributed by atoms with Gasteiger partial charge in [0.1, 0.15) is 12.4 Å². The van der Waals surface area contributed by atoms with Crippen molar-refractivity contribution in [1.29, 1.82) is 0 Å². The third-order valence-corrected chi connectivity index (χ3v) is 6.60. The number of ether oxygens (including phenoxy) is 2. The van der Waals surface area contributed by atoms with Gasteiger partial charge in [-0.25, -0.2) is 14.2 Å². The number of hydrogen-bond acceptors (Lipinski definition) is 9. The highest BCUT2D eigenvalue weighted by Gasteiger charge is 2.45. The van der Waals surface area contributed by atoms with Crippen LogP contribution in [-0.2, 0) is 39.6 Å². The normalized spacial score (nSPS) is 19.5. The second-order valence-corrected chi connectivity index (χ2v) is 8.38. The highest BCUT2D eigenvalue weighted by Crippen LogP contribution is 2.40. The zero-order valence-corrected chi connectivity index (χ0v) is 18.5. The van der Waals surface area contributed by atoms with E-state index in [-0.39, 0.29) is 42.9 Å². The lowest BCUT2D eigenvalue weighted by molar-refractivity contribution is -0.172. The second kappa shape index (κ2) is 7.84. The largest absolute Gasteiger partial charge is 0.458 e. The first kappa shape index (κ1) is 22.4. The lowest BCUT2D eigenvalue weighted by Gasteiger charge is -2.31. The molecular formula is C23H23FN4O6. The van der Waals surface area contributed by atoms with Gasteiger partial charge < -0.3 is 30.0 Å². The van der Waals surface area contributed by atoms with Crippen LogP contribution in [0.1, 0.15) is 35.6 Å². The van der Waals surface area contributed by atoms with Crippen molar-refractivity contribution in [3.05, 3.63) is 56.6 Å². The number of aliphatic hydroxyl groups excluding tert-OH is 1. The molecule has 0 radical (unpaired) electrons. The maximum atomic E-state index is 14.3. The second-order valence-electron chi connectivity index (χ2n) is 8.38. The zero-order valence-electron chi connectivity index (χ0n) is 18.5. The predicted molar refractivity (Wildman–Crippen MR) is 119 cm³/mol. The van der Waals surface area contributed by atoms with Crippen molar-refractivity contribution in [3.63, 3.8) is 0 Å². The molecule has 10 nitrogen and oxygen atoms in total. The number of nitrogens with one attached hydrogen (secondary N) is 1. The van der Waals surface area contributed by atoms with Crippen molar-refractivity contribution in [2.24, 2.45) is 0 Å². The van der Waals surface area contributed by atoms with Crippen LogP contribution >= 0.6 is 0 Å². The number of hydrogen-bond donors (Lipinski definition) is 4. The van der Waals surface area contributed by atoms with Crippen LogP contribution < -0.4 is 16.6 Å². The molecule has 2 atom stereocenters. The lowest BCUT2D eigenvalue weighted by atomic mass is 9.86. The van der Waals surface area contributed by atoms with Crippen LogP contribution in [0.2, 0.25) is 0 Å². The average molecular weight is 470 g/mol. The number of nitrogen functional groups attached to an aromatic ring is 1. The molecule has 0 amide bonds. The number of cyclic esters (lactones) is 1. The SMILES string of the molecule is CC[C@@]1(O)C(=O)OCc2c1cc1n(c2=O)Cc2c-1nc1cc(F)c(N)cc1c2CNC(O)OC. The maximum Gasteiger partial charge on any atom is 0.343 e. The van der Waals surface area contributed by atoms with Gasteiger partial charge >= 0.3 is 5.97 Å². The number of anilines is 1. The van der Waals surface area contributed by atoms with Crippen molar-refractivity contribution >= 4 is 22.6 Å². The van der Waals surface area contributed by atoms with E-state index >= 15 is 0 Å². The van der Waals surface area contributed by atoms with Gasteiger partial charge in [-0.2, -0.15) is 0 Å². The van der Waals surface area contributed by atoms with E-state index in [1.54, 1.807) is 13.0 Å². The van der Waals surface area contributed by atoms with Crippen LogP contribution in [0.4, 0.5) is 10.1 Å². The van der Waals surface area contributed by atoms with Crippen LogP contribution in [-0.4, -0.2) is 39.3 Å². The average Bonchev–Trinajstić information content (AvgIpc) is 3.19. The number of nitrogens with zero attached hydrogens (tertiary/aromatic N) is 2. The summed E-state index contributed by atoms with van der Waals surface area (Å²) in [6, 6.07) is 4.26. The highest BCUT2D eigenvalue weighted by atomic mass is 19.1. The fraction of sp³-hybridized carbons (Fsp3) is 0.348. The Morgan fingerprint density at radius 1 is 1.35 bits per heavy atom. The number of rotatable bonds is 5. The summed E-state index contributed by atoms with van der Waals surface area (Å²) in [6.45, 7) is 1.65. The van der Waals surface area contributed by atoms with Crippen molar-refractivity contribution in [3.8, 4) is 11.4 Å². The number of fused-ring (bicyclic) bond motifs is 5. The molecule has 178 valence electrons. The fourth-order valence-electron chi connectivity index (χ4n) is 4.67. The number of pyridine rings is 2. The Balaban J connectivity index is 1.77. The molecule has 4 heterocycles. The number of esters is 1. The summed E-state index contributed by atoms with van der Waals surface area (Å²) >= 11 is 0. The molecule has 0 saturated heterocycles. The van der Waals surface area contributed by atoms with E-state index in [0.717, 1.165) is 0 Å². The van der Waals surface area contributed by atoms with Gasteiger partial charge in [0.25, 0.3) is 5.56 Å². The van der Waals surface area contributed by atoms with E-state index in [2.05, 4.69) is 10.3 Å². The predicted octanol–water partition coefficient (Wildman–Crippen LogP) is 0.813. The first-order valence-corrected chi connectivity index (χ1v) is 10.7. The van der Waals surface area contributed by atoms with Gasteiger partial charge in [-0.3, -0.25) is 10.1 Å². The molecule has 3 aromatic rings. The topological polar surface area (TPSA) is 149 Å². The number of aliphatic hydroxyl groups is 2. The van der Waals surface area contributed by atoms with Crippen LogP contribution in [0.15, 0.2) is 23.0 Å².